The quantitative estimate of drug-likeness (QED) is 0.787. The standard InChI is InChI=1S/C18H18N4O/c1-2-3-4-16-21-17-15(9-10-20-18(17)23)22(16)12-14-7-5-13(11-19)6-8-14/h5-10H,2-4,12H2,1H3,(H,20,23). The van der Waals surface area contributed by atoms with E-state index in [2.05, 4.69) is 27.5 Å². The molecule has 0 saturated carbocycles. The average Bonchev–Trinajstić information content (AvgIpc) is 2.93. The van der Waals surface area contributed by atoms with Gasteiger partial charge in [0, 0.05) is 19.2 Å². The number of hydrogen-bond donors (Lipinski definition) is 1. The molecule has 0 atom stereocenters. The van der Waals surface area contributed by atoms with Crippen molar-refractivity contribution in [3.63, 3.8) is 0 Å². The van der Waals surface area contributed by atoms with Crippen LogP contribution in [0.5, 0.6) is 0 Å². The first-order valence-electron chi connectivity index (χ1n) is 7.78. The van der Waals surface area contributed by atoms with Crippen LogP contribution < -0.4 is 5.56 Å². The number of pyridine rings is 1. The monoisotopic (exact) mass is 306 g/mol. The summed E-state index contributed by atoms with van der Waals surface area (Å²) >= 11 is 0. The van der Waals surface area contributed by atoms with Gasteiger partial charge in [0.25, 0.3) is 5.56 Å². The fraction of sp³-hybridized carbons (Fsp3) is 0.278. The Hall–Kier alpha value is -2.87. The van der Waals surface area contributed by atoms with E-state index in [1.54, 1.807) is 6.20 Å². The summed E-state index contributed by atoms with van der Waals surface area (Å²) in [6.07, 6.45) is 4.62. The molecule has 3 rings (SSSR count). The molecule has 0 aliphatic heterocycles. The number of benzene rings is 1. The van der Waals surface area contributed by atoms with E-state index < -0.39 is 0 Å². The van der Waals surface area contributed by atoms with Crippen molar-refractivity contribution in [2.24, 2.45) is 0 Å². The van der Waals surface area contributed by atoms with Gasteiger partial charge in [-0.2, -0.15) is 5.26 Å². The zero-order valence-electron chi connectivity index (χ0n) is 13.0. The maximum atomic E-state index is 12.0. The highest BCUT2D eigenvalue weighted by Crippen LogP contribution is 2.17. The minimum Gasteiger partial charge on any atom is -0.327 e. The van der Waals surface area contributed by atoms with Gasteiger partial charge in [-0.15, -0.1) is 0 Å². The third kappa shape index (κ3) is 3.02. The summed E-state index contributed by atoms with van der Waals surface area (Å²) in [6.45, 7) is 2.78. The molecule has 1 N–H and O–H groups in total. The van der Waals surface area contributed by atoms with Crippen LogP contribution in [0.3, 0.4) is 0 Å². The minimum atomic E-state index is -0.154. The van der Waals surface area contributed by atoms with Gasteiger partial charge in [0.05, 0.1) is 17.1 Å². The summed E-state index contributed by atoms with van der Waals surface area (Å²) in [5, 5.41) is 8.89. The van der Waals surface area contributed by atoms with Crippen LogP contribution in [-0.2, 0) is 13.0 Å². The van der Waals surface area contributed by atoms with Gasteiger partial charge in [0.1, 0.15) is 5.82 Å². The average molecular weight is 306 g/mol. The number of nitrogens with one attached hydrogen (secondary N) is 1. The first-order valence-corrected chi connectivity index (χ1v) is 7.78. The Morgan fingerprint density at radius 3 is 2.74 bits per heavy atom. The van der Waals surface area contributed by atoms with E-state index in [1.165, 1.54) is 0 Å². The number of aromatic amines is 1. The Balaban J connectivity index is 2.04. The van der Waals surface area contributed by atoms with Crippen molar-refractivity contribution in [3.8, 4) is 6.07 Å². The lowest BCUT2D eigenvalue weighted by Crippen LogP contribution is -2.06. The van der Waals surface area contributed by atoms with Gasteiger partial charge in [-0.25, -0.2) is 4.98 Å². The second kappa shape index (κ2) is 6.49. The predicted molar refractivity (Wildman–Crippen MR) is 89.2 cm³/mol. The van der Waals surface area contributed by atoms with Gasteiger partial charge in [-0.05, 0) is 30.2 Å². The van der Waals surface area contributed by atoms with E-state index in [4.69, 9.17) is 5.26 Å². The molecule has 0 bridgehead atoms. The Kier molecular flexibility index (Phi) is 4.24. The van der Waals surface area contributed by atoms with Crippen LogP contribution in [0.25, 0.3) is 11.0 Å². The zero-order chi connectivity index (χ0) is 16.2. The van der Waals surface area contributed by atoms with Crippen molar-refractivity contribution in [3.05, 3.63) is 63.8 Å². The molecule has 0 unspecified atom stereocenters. The van der Waals surface area contributed by atoms with Crippen LogP contribution >= 0.6 is 0 Å². The van der Waals surface area contributed by atoms with Gasteiger partial charge in [0.2, 0.25) is 0 Å². The number of unbranched alkanes of at least 4 members (excludes halogenated alkanes) is 1. The summed E-state index contributed by atoms with van der Waals surface area (Å²) in [5.74, 6) is 0.933. The lowest BCUT2D eigenvalue weighted by Gasteiger charge is -2.09. The van der Waals surface area contributed by atoms with Crippen LogP contribution in [-0.4, -0.2) is 14.5 Å². The summed E-state index contributed by atoms with van der Waals surface area (Å²) in [6, 6.07) is 11.5. The molecule has 0 aliphatic carbocycles. The second-order valence-corrected chi connectivity index (χ2v) is 5.57. The highest BCUT2D eigenvalue weighted by atomic mass is 16.1. The third-order valence-corrected chi connectivity index (χ3v) is 3.93. The molecule has 5 heteroatoms. The number of imidazole rings is 1. The number of nitrogens with zero attached hydrogens (tertiary/aromatic N) is 3. The van der Waals surface area contributed by atoms with Crippen LogP contribution in [0.4, 0.5) is 0 Å². The second-order valence-electron chi connectivity index (χ2n) is 5.57. The van der Waals surface area contributed by atoms with Crippen molar-refractivity contribution >= 4 is 11.0 Å². The van der Waals surface area contributed by atoms with E-state index in [0.717, 1.165) is 36.2 Å². The SMILES string of the molecule is CCCCc1nc2c(=O)[nH]ccc2n1Cc1ccc(C#N)cc1. The molecule has 0 saturated heterocycles. The molecule has 2 heterocycles. The molecule has 1 aromatic carbocycles. The number of aryl methyl sites for hydroxylation is 1. The van der Waals surface area contributed by atoms with Gasteiger partial charge in [-0.3, -0.25) is 4.79 Å². The molecule has 0 amide bonds. The largest absolute Gasteiger partial charge is 0.327 e. The van der Waals surface area contributed by atoms with E-state index in [9.17, 15) is 4.79 Å². The van der Waals surface area contributed by atoms with Crippen LogP contribution in [0.15, 0.2) is 41.3 Å². The Morgan fingerprint density at radius 1 is 1.26 bits per heavy atom. The van der Waals surface area contributed by atoms with Gasteiger partial charge < -0.3 is 9.55 Å². The van der Waals surface area contributed by atoms with Crippen molar-refractivity contribution in [1.29, 1.82) is 5.26 Å². The number of hydrogen-bond acceptors (Lipinski definition) is 3. The molecule has 5 nitrogen and oxygen atoms in total. The number of H-pyrrole nitrogens is 1. The predicted octanol–water partition coefficient (Wildman–Crippen LogP) is 2.99. The van der Waals surface area contributed by atoms with Crippen LogP contribution in [0, 0.1) is 11.3 Å². The minimum absolute atomic E-state index is 0.154. The first-order chi connectivity index (χ1) is 11.2. The summed E-state index contributed by atoms with van der Waals surface area (Å²) in [5.41, 5.74) is 2.92. The van der Waals surface area contributed by atoms with Gasteiger partial charge in [-0.1, -0.05) is 25.5 Å². The van der Waals surface area contributed by atoms with Gasteiger partial charge in [0.15, 0.2) is 5.52 Å². The smallest absolute Gasteiger partial charge is 0.276 e. The Labute approximate surface area is 134 Å². The molecule has 0 fully saturated rings. The highest BCUT2D eigenvalue weighted by Gasteiger charge is 2.13. The molecular weight excluding hydrogens is 288 g/mol. The number of fused-ring (bicyclic) bond motifs is 1. The Morgan fingerprint density at radius 2 is 2.04 bits per heavy atom. The first kappa shape index (κ1) is 15.0. The van der Waals surface area contributed by atoms with E-state index in [0.29, 0.717) is 17.6 Å². The number of nitriles is 1. The normalized spacial score (nSPS) is 10.8. The molecule has 23 heavy (non-hydrogen) atoms. The summed E-state index contributed by atoms with van der Waals surface area (Å²) in [4.78, 5) is 19.2. The van der Waals surface area contributed by atoms with Crippen molar-refractivity contribution in [1.82, 2.24) is 14.5 Å². The topological polar surface area (TPSA) is 74.5 Å². The Bertz CT molecular complexity index is 913. The van der Waals surface area contributed by atoms with Crippen molar-refractivity contribution < 1.29 is 0 Å². The third-order valence-electron chi connectivity index (χ3n) is 3.93. The molecule has 0 aliphatic rings. The molecule has 116 valence electrons. The number of rotatable bonds is 5. The van der Waals surface area contributed by atoms with E-state index in [-0.39, 0.29) is 5.56 Å². The van der Waals surface area contributed by atoms with Crippen molar-refractivity contribution in [2.75, 3.05) is 0 Å². The zero-order valence-corrected chi connectivity index (χ0v) is 13.0. The fourth-order valence-electron chi connectivity index (χ4n) is 2.68. The maximum Gasteiger partial charge on any atom is 0.276 e. The molecular formula is C18H18N4O. The molecule has 2 aromatic heterocycles. The summed E-state index contributed by atoms with van der Waals surface area (Å²) in [7, 11) is 0. The van der Waals surface area contributed by atoms with E-state index >= 15 is 0 Å². The summed E-state index contributed by atoms with van der Waals surface area (Å²) < 4.78 is 2.10. The van der Waals surface area contributed by atoms with Gasteiger partial charge >= 0.3 is 0 Å². The van der Waals surface area contributed by atoms with E-state index in [1.807, 2.05) is 30.3 Å². The molecule has 0 spiro atoms. The molecule has 0 radical (unpaired) electrons. The number of aromatic nitrogens is 3. The van der Waals surface area contributed by atoms with Crippen LogP contribution in [0.2, 0.25) is 0 Å². The van der Waals surface area contributed by atoms with Crippen LogP contribution in [0.1, 0.15) is 36.7 Å². The highest BCUT2D eigenvalue weighted by molar-refractivity contribution is 5.74. The lowest BCUT2D eigenvalue weighted by molar-refractivity contribution is 0.690. The maximum absolute atomic E-state index is 12.0. The van der Waals surface area contributed by atoms with Crippen molar-refractivity contribution in [2.45, 2.75) is 32.7 Å². The molecule has 3 aromatic rings. The fourth-order valence-corrected chi connectivity index (χ4v) is 2.68. The lowest BCUT2D eigenvalue weighted by atomic mass is 10.1.